The van der Waals surface area contributed by atoms with Gasteiger partial charge in [0.1, 0.15) is 0 Å². The molecule has 0 aliphatic carbocycles. The van der Waals surface area contributed by atoms with Crippen molar-refractivity contribution in [1.82, 2.24) is 4.90 Å². The summed E-state index contributed by atoms with van der Waals surface area (Å²) in [7, 11) is -3.51. The van der Waals surface area contributed by atoms with E-state index in [9.17, 15) is 18.0 Å². The van der Waals surface area contributed by atoms with Crippen LogP contribution in [0.3, 0.4) is 0 Å². The van der Waals surface area contributed by atoms with E-state index >= 15 is 0 Å². The third-order valence-corrected chi connectivity index (χ3v) is 5.56. The van der Waals surface area contributed by atoms with Gasteiger partial charge in [-0.15, -0.1) is 0 Å². The highest BCUT2D eigenvalue weighted by atomic mass is 32.2. The summed E-state index contributed by atoms with van der Waals surface area (Å²) in [5.74, 6) is -0.198. The molecular formula is C18H27N3O4S. The van der Waals surface area contributed by atoms with E-state index in [1.54, 1.807) is 24.3 Å². The van der Waals surface area contributed by atoms with Crippen molar-refractivity contribution < 1.29 is 18.0 Å². The number of benzene rings is 1. The molecule has 2 rings (SSSR count). The van der Waals surface area contributed by atoms with Crippen LogP contribution < -0.4 is 9.62 Å². The van der Waals surface area contributed by atoms with Crippen LogP contribution in [0.1, 0.15) is 39.0 Å². The topological polar surface area (TPSA) is 86.8 Å². The second-order valence-electron chi connectivity index (χ2n) is 6.61. The second-order valence-corrected chi connectivity index (χ2v) is 8.52. The van der Waals surface area contributed by atoms with Gasteiger partial charge in [0.15, 0.2) is 0 Å². The van der Waals surface area contributed by atoms with Gasteiger partial charge in [-0.1, -0.05) is 12.8 Å². The molecule has 0 aromatic heterocycles. The molecule has 7 nitrogen and oxygen atoms in total. The van der Waals surface area contributed by atoms with Crippen LogP contribution in [0.25, 0.3) is 0 Å². The zero-order valence-corrected chi connectivity index (χ0v) is 16.2. The predicted molar refractivity (Wildman–Crippen MR) is 103 cm³/mol. The van der Waals surface area contributed by atoms with Gasteiger partial charge in [0.2, 0.25) is 21.8 Å². The smallest absolute Gasteiger partial charge is 0.232 e. The van der Waals surface area contributed by atoms with Crippen LogP contribution in [-0.2, 0) is 19.6 Å². The normalized spacial score (nSPS) is 15.2. The maximum Gasteiger partial charge on any atom is 0.232 e. The second kappa shape index (κ2) is 9.02. The number of nitrogens with one attached hydrogen (secondary N) is 1. The monoisotopic (exact) mass is 381 g/mol. The summed E-state index contributed by atoms with van der Waals surface area (Å²) in [5.41, 5.74) is 1.07. The summed E-state index contributed by atoms with van der Waals surface area (Å²) in [6.07, 6.45) is 5.57. The fourth-order valence-corrected chi connectivity index (χ4v) is 4.00. The molecule has 1 fully saturated rings. The Morgan fingerprint density at radius 2 is 1.65 bits per heavy atom. The first-order chi connectivity index (χ1) is 12.3. The van der Waals surface area contributed by atoms with Crippen molar-refractivity contribution in [2.75, 3.05) is 35.5 Å². The first-order valence-corrected chi connectivity index (χ1v) is 10.8. The van der Waals surface area contributed by atoms with Crippen molar-refractivity contribution >= 4 is 33.2 Å². The predicted octanol–water partition coefficient (Wildman–Crippen LogP) is 2.20. The molecule has 0 spiro atoms. The van der Waals surface area contributed by atoms with Crippen LogP contribution >= 0.6 is 0 Å². The van der Waals surface area contributed by atoms with Gasteiger partial charge < -0.3 is 10.2 Å². The molecule has 1 aromatic rings. The highest BCUT2D eigenvalue weighted by Crippen LogP contribution is 2.21. The van der Waals surface area contributed by atoms with Gasteiger partial charge in [-0.05, 0) is 37.1 Å². The SMILES string of the molecule is CC(=O)Nc1ccc(N(CCC(=O)N2CCCCCC2)S(C)(=O)=O)cc1. The Bertz CT molecular complexity index is 723. The van der Waals surface area contributed by atoms with Crippen molar-refractivity contribution in [3.8, 4) is 0 Å². The van der Waals surface area contributed by atoms with E-state index in [4.69, 9.17) is 0 Å². The number of anilines is 2. The summed E-state index contributed by atoms with van der Waals surface area (Å²) in [6.45, 7) is 3.02. The minimum absolute atomic E-state index is 0.00424. The molecule has 8 heteroatoms. The zero-order chi connectivity index (χ0) is 19.2. The Kier molecular flexibility index (Phi) is 7.02. The number of carbonyl (C=O) groups excluding carboxylic acids is 2. The highest BCUT2D eigenvalue weighted by Gasteiger charge is 2.21. The summed E-state index contributed by atoms with van der Waals surface area (Å²) in [4.78, 5) is 25.4. The number of nitrogens with zero attached hydrogens (tertiary/aromatic N) is 2. The van der Waals surface area contributed by atoms with E-state index in [2.05, 4.69) is 5.32 Å². The fourth-order valence-electron chi connectivity index (χ4n) is 3.08. The summed E-state index contributed by atoms with van der Waals surface area (Å²) >= 11 is 0. The van der Waals surface area contributed by atoms with E-state index in [1.165, 1.54) is 11.2 Å². The molecule has 1 heterocycles. The fraction of sp³-hybridized carbons (Fsp3) is 0.556. The van der Waals surface area contributed by atoms with Gasteiger partial charge in [-0.3, -0.25) is 13.9 Å². The lowest BCUT2D eigenvalue weighted by Gasteiger charge is -2.25. The van der Waals surface area contributed by atoms with Crippen molar-refractivity contribution in [2.45, 2.75) is 39.0 Å². The third kappa shape index (κ3) is 6.01. The maximum atomic E-state index is 12.4. The Balaban J connectivity index is 2.05. The van der Waals surface area contributed by atoms with Gasteiger partial charge >= 0.3 is 0 Å². The Morgan fingerprint density at radius 3 is 2.15 bits per heavy atom. The Hall–Kier alpha value is -2.09. The molecule has 0 atom stereocenters. The number of hydrogen-bond donors (Lipinski definition) is 1. The maximum absolute atomic E-state index is 12.4. The minimum Gasteiger partial charge on any atom is -0.343 e. The number of likely N-dealkylation sites (tertiary alicyclic amines) is 1. The molecule has 1 aliphatic heterocycles. The quantitative estimate of drug-likeness (QED) is 0.818. The molecular weight excluding hydrogens is 354 g/mol. The van der Waals surface area contributed by atoms with Gasteiger partial charge in [-0.25, -0.2) is 8.42 Å². The van der Waals surface area contributed by atoms with E-state index < -0.39 is 10.0 Å². The number of sulfonamides is 1. The van der Waals surface area contributed by atoms with Gasteiger partial charge in [-0.2, -0.15) is 0 Å². The first-order valence-electron chi connectivity index (χ1n) is 8.90. The lowest BCUT2D eigenvalue weighted by Crippen LogP contribution is -2.37. The molecule has 1 aliphatic rings. The molecule has 2 amide bonds. The van der Waals surface area contributed by atoms with Gasteiger partial charge in [0, 0.05) is 38.7 Å². The molecule has 0 saturated carbocycles. The summed E-state index contributed by atoms with van der Waals surface area (Å²) < 4.78 is 25.6. The molecule has 0 unspecified atom stereocenters. The van der Waals surface area contributed by atoms with Crippen molar-refractivity contribution in [2.24, 2.45) is 0 Å². The van der Waals surface area contributed by atoms with Crippen LogP contribution in [0.4, 0.5) is 11.4 Å². The molecule has 0 radical (unpaired) electrons. The average molecular weight is 381 g/mol. The van der Waals surface area contributed by atoms with Crippen molar-refractivity contribution in [1.29, 1.82) is 0 Å². The molecule has 144 valence electrons. The van der Waals surface area contributed by atoms with E-state index in [1.807, 2.05) is 4.90 Å². The summed E-state index contributed by atoms with van der Waals surface area (Å²) in [5, 5.41) is 2.64. The molecule has 26 heavy (non-hydrogen) atoms. The first kappa shape index (κ1) is 20.2. The lowest BCUT2D eigenvalue weighted by molar-refractivity contribution is -0.130. The summed E-state index contributed by atoms with van der Waals surface area (Å²) in [6, 6.07) is 6.54. The Morgan fingerprint density at radius 1 is 1.08 bits per heavy atom. The van der Waals surface area contributed by atoms with E-state index in [-0.39, 0.29) is 24.8 Å². The number of rotatable bonds is 6. The number of carbonyl (C=O) groups is 2. The van der Waals surface area contributed by atoms with Crippen LogP contribution in [0.15, 0.2) is 24.3 Å². The lowest BCUT2D eigenvalue weighted by atomic mass is 10.2. The van der Waals surface area contributed by atoms with Gasteiger partial charge in [0.25, 0.3) is 0 Å². The van der Waals surface area contributed by atoms with E-state index in [0.717, 1.165) is 45.0 Å². The minimum atomic E-state index is -3.51. The molecule has 0 bridgehead atoms. The van der Waals surface area contributed by atoms with Crippen molar-refractivity contribution in [3.05, 3.63) is 24.3 Å². The van der Waals surface area contributed by atoms with Crippen LogP contribution in [0.5, 0.6) is 0 Å². The average Bonchev–Trinajstić information content (AvgIpc) is 2.84. The molecule has 1 N–H and O–H groups in total. The third-order valence-electron chi connectivity index (χ3n) is 4.36. The molecule has 1 saturated heterocycles. The number of hydrogen-bond acceptors (Lipinski definition) is 4. The van der Waals surface area contributed by atoms with Gasteiger partial charge in [0.05, 0.1) is 11.9 Å². The van der Waals surface area contributed by atoms with Crippen LogP contribution in [-0.4, -0.2) is 51.0 Å². The highest BCUT2D eigenvalue weighted by molar-refractivity contribution is 7.92. The zero-order valence-electron chi connectivity index (χ0n) is 15.4. The number of amides is 2. The Labute approximate surface area is 155 Å². The van der Waals surface area contributed by atoms with E-state index in [0.29, 0.717) is 11.4 Å². The standard InChI is InChI=1S/C18H27N3O4S/c1-15(22)19-16-7-9-17(10-8-16)21(26(2,24)25)14-11-18(23)20-12-5-3-4-6-13-20/h7-10H,3-6,11-14H2,1-2H3,(H,19,22). The van der Waals surface area contributed by atoms with Crippen molar-refractivity contribution in [3.63, 3.8) is 0 Å². The van der Waals surface area contributed by atoms with Crippen LogP contribution in [0.2, 0.25) is 0 Å². The largest absolute Gasteiger partial charge is 0.343 e. The van der Waals surface area contributed by atoms with Crippen LogP contribution in [0, 0.1) is 0 Å². The molecule has 1 aromatic carbocycles.